The quantitative estimate of drug-likeness (QED) is 0.814. The predicted molar refractivity (Wildman–Crippen MR) is 75.5 cm³/mol. The molecule has 1 amide bonds. The second-order valence-corrected chi connectivity index (χ2v) is 7.26. The summed E-state index contributed by atoms with van der Waals surface area (Å²) in [5.74, 6) is 0.685. The van der Waals surface area contributed by atoms with Crippen molar-refractivity contribution in [3.63, 3.8) is 0 Å². The van der Waals surface area contributed by atoms with Crippen LogP contribution in [0.5, 0.6) is 0 Å². The van der Waals surface area contributed by atoms with Crippen LogP contribution in [0, 0.1) is 5.92 Å². The molecule has 0 spiro atoms. The Morgan fingerprint density at radius 3 is 2.82 bits per heavy atom. The Balaban J connectivity index is 1.97. The molecule has 0 aromatic carbocycles. The number of nitrogens with one attached hydrogen (secondary N) is 1. The molecule has 0 saturated heterocycles. The lowest BCUT2D eigenvalue weighted by Gasteiger charge is -2.22. The molecular weight excluding hydrogens is 298 g/mol. The topological polar surface area (TPSA) is 29.1 Å². The first-order valence-electron chi connectivity index (χ1n) is 6.23. The first kappa shape index (κ1) is 13.1. The molecule has 2 atom stereocenters. The third kappa shape index (κ3) is 3.55. The summed E-state index contributed by atoms with van der Waals surface area (Å²) in [5.41, 5.74) is 0. The average Bonchev–Trinajstić information content (AvgIpc) is 2.63. The van der Waals surface area contributed by atoms with Crippen molar-refractivity contribution in [3.8, 4) is 0 Å². The molecule has 0 radical (unpaired) electrons. The number of carbonyl (C=O) groups excluding carboxylic acids is 1. The van der Waals surface area contributed by atoms with Crippen LogP contribution in [-0.4, -0.2) is 11.9 Å². The van der Waals surface area contributed by atoms with E-state index in [0.29, 0.717) is 12.0 Å². The van der Waals surface area contributed by atoms with Gasteiger partial charge in [0.1, 0.15) is 0 Å². The van der Waals surface area contributed by atoms with Crippen molar-refractivity contribution in [1.29, 1.82) is 0 Å². The Labute approximate surface area is 115 Å². The highest BCUT2D eigenvalue weighted by molar-refractivity contribution is 9.11. The van der Waals surface area contributed by atoms with Gasteiger partial charge in [0.05, 0.1) is 8.66 Å². The highest BCUT2D eigenvalue weighted by Crippen LogP contribution is 2.25. The van der Waals surface area contributed by atoms with Gasteiger partial charge >= 0.3 is 0 Å². The Morgan fingerprint density at radius 1 is 1.35 bits per heavy atom. The molecule has 1 heterocycles. The van der Waals surface area contributed by atoms with Crippen LogP contribution >= 0.6 is 27.3 Å². The maximum Gasteiger partial charge on any atom is 0.261 e. The zero-order valence-electron chi connectivity index (χ0n) is 10.0. The van der Waals surface area contributed by atoms with Crippen LogP contribution in [0.1, 0.15) is 48.7 Å². The summed E-state index contributed by atoms with van der Waals surface area (Å²) in [6.45, 7) is 2.25. The van der Waals surface area contributed by atoms with Gasteiger partial charge in [-0.15, -0.1) is 11.3 Å². The number of amides is 1. The molecule has 1 aromatic rings. The molecule has 1 aromatic heterocycles. The van der Waals surface area contributed by atoms with Crippen molar-refractivity contribution in [1.82, 2.24) is 5.32 Å². The summed E-state index contributed by atoms with van der Waals surface area (Å²) in [6, 6.07) is 4.16. The fourth-order valence-corrected chi connectivity index (χ4v) is 3.67. The molecule has 1 saturated carbocycles. The van der Waals surface area contributed by atoms with E-state index in [1.807, 2.05) is 12.1 Å². The van der Waals surface area contributed by atoms with Gasteiger partial charge in [-0.05, 0) is 46.8 Å². The summed E-state index contributed by atoms with van der Waals surface area (Å²) in [7, 11) is 0. The summed E-state index contributed by atoms with van der Waals surface area (Å²) < 4.78 is 1.01. The monoisotopic (exact) mass is 315 g/mol. The summed E-state index contributed by atoms with van der Waals surface area (Å²) >= 11 is 4.88. The first-order valence-corrected chi connectivity index (χ1v) is 7.84. The lowest BCUT2D eigenvalue weighted by molar-refractivity contribution is 0.0925. The maximum absolute atomic E-state index is 12.1. The number of thiophene rings is 1. The van der Waals surface area contributed by atoms with Crippen molar-refractivity contribution >= 4 is 33.2 Å². The third-order valence-corrected chi connectivity index (χ3v) is 5.10. The molecule has 17 heavy (non-hydrogen) atoms. The Bertz CT molecular complexity index is 391. The molecule has 0 aliphatic heterocycles. The number of rotatable bonds is 2. The van der Waals surface area contributed by atoms with E-state index in [4.69, 9.17) is 0 Å². The van der Waals surface area contributed by atoms with Crippen LogP contribution in [0.15, 0.2) is 15.9 Å². The van der Waals surface area contributed by atoms with Crippen LogP contribution in [0.4, 0.5) is 0 Å². The molecule has 1 aliphatic rings. The highest BCUT2D eigenvalue weighted by atomic mass is 79.9. The number of hydrogen-bond donors (Lipinski definition) is 1. The standard InChI is InChI=1S/C13H18BrNOS/c1-9-5-3-2-4-6-10(9)15-13(16)11-7-8-12(14)17-11/h7-10H,2-6H2,1H3,(H,15,16). The molecule has 94 valence electrons. The molecular formula is C13H18BrNOS. The van der Waals surface area contributed by atoms with Gasteiger partial charge in [0.15, 0.2) is 0 Å². The number of halogens is 1. The fraction of sp³-hybridized carbons (Fsp3) is 0.615. The van der Waals surface area contributed by atoms with E-state index >= 15 is 0 Å². The molecule has 0 bridgehead atoms. The minimum Gasteiger partial charge on any atom is -0.348 e. The van der Waals surface area contributed by atoms with E-state index in [9.17, 15) is 4.79 Å². The van der Waals surface area contributed by atoms with Crippen molar-refractivity contribution in [2.45, 2.75) is 45.1 Å². The van der Waals surface area contributed by atoms with Gasteiger partial charge in [-0.2, -0.15) is 0 Å². The Morgan fingerprint density at radius 2 is 2.12 bits per heavy atom. The van der Waals surface area contributed by atoms with Gasteiger partial charge in [-0.25, -0.2) is 0 Å². The Hall–Kier alpha value is -0.350. The van der Waals surface area contributed by atoms with Crippen LogP contribution in [0.25, 0.3) is 0 Å². The van der Waals surface area contributed by atoms with Crippen molar-refractivity contribution in [3.05, 3.63) is 20.8 Å². The van der Waals surface area contributed by atoms with E-state index in [1.165, 1.54) is 37.0 Å². The van der Waals surface area contributed by atoms with Crippen molar-refractivity contribution in [2.75, 3.05) is 0 Å². The summed E-state index contributed by atoms with van der Waals surface area (Å²) in [5, 5.41) is 3.19. The van der Waals surface area contributed by atoms with Gasteiger partial charge in [-0.3, -0.25) is 4.79 Å². The molecule has 2 unspecified atom stereocenters. The van der Waals surface area contributed by atoms with Crippen molar-refractivity contribution in [2.24, 2.45) is 5.92 Å². The minimum absolute atomic E-state index is 0.0828. The van der Waals surface area contributed by atoms with Gasteiger partial charge in [0, 0.05) is 6.04 Å². The zero-order valence-corrected chi connectivity index (χ0v) is 12.4. The molecule has 2 rings (SSSR count). The minimum atomic E-state index is 0.0828. The lowest BCUT2D eigenvalue weighted by atomic mass is 9.97. The normalized spacial score (nSPS) is 25.3. The highest BCUT2D eigenvalue weighted by Gasteiger charge is 2.22. The van der Waals surface area contributed by atoms with E-state index in [-0.39, 0.29) is 5.91 Å². The third-order valence-electron chi connectivity index (χ3n) is 3.47. The van der Waals surface area contributed by atoms with Crippen LogP contribution in [0.2, 0.25) is 0 Å². The zero-order chi connectivity index (χ0) is 12.3. The number of hydrogen-bond acceptors (Lipinski definition) is 2. The lowest BCUT2D eigenvalue weighted by Crippen LogP contribution is -2.38. The SMILES string of the molecule is CC1CCCCCC1NC(=O)c1ccc(Br)s1. The van der Waals surface area contributed by atoms with E-state index < -0.39 is 0 Å². The summed E-state index contributed by atoms with van der Waals surface area (Å²) in [4.78, 5) is 12.9. The molecule has 2 nitrogen and oxygen atoms in total. The average molecular weight is 316 g/mol. The van der Waals surface area contributed by atoms with Gasteiger partial charge in [0.2, 0.25) is 0 Å². The summed E-state index contributed by atoms with van der Waals surface area (Å²) in [6.07, 6.45) is 6.21. The second-order valence-electron chi connectivity index (χ2n) is 4.80. The second kappa shape index (κ2) is 6.01. The van der Waals surface area contributed by atoms with Crippen molar-refractivity contribution < 1.29 is 4.79 Å². The maximum atomic E-state index is 12.1. The number of carbonyl (C=O) groups is 1. The van der Waals surface area contributed by atoms with E-state index in [1.54, 1.807) is 0 Å². The van der Waals surface area contributed by atoms with Gasteiger partial charge < -0.3 is 5.32 Å². The van der Waals surface area contributed by atoms with Gasteiger partial charge in [0.25, 0.3) is 5.91 Å². The molecule has 1 aliphatic carbocycles. The van der Waals surface area contributed by atoms with Gasteiger partial charge in [-0.1, -0.05) is 26.2 Å². The predicted octanol–water partition coefficient (Wildman–Crippen LogP) is 4.21. The van der Waals surface area contributed by atoms with Crippen LogP contribution < -0.4 is 5.32 Å². The molecule has 1 fully saturated rings. The largest absolute Gasteiger partial charge is 0.348 e. The molecule has 4 heteroatoms. The van der Waals surface area contributed by atoms with Crippen LogP contribution in [0.3, 0.4) is 0 Å². The first-order chi connectivity index (χ1) is 8.16. The molecule has 1 N–H and O–H groups in total. The van der Waals surface area contributed by atoms with E-state index in [0.717, 1.165) is 15.1 Å². The Kier molecular flexibility index (Phi) is 4.62. The van der Waals surface area contributed by atoms with Crippen LogP contribution in [-0.2, 0) is 0 Å². The van der Waals surface area contributed by atoms with E-state index in [2.05, 4.69) is 28.2 Å². The smallest absolute Gasteiger partial charge is 0.261 e. The fourth-order valence-electron chi connectivity index (χ4n) is 2.38.